The van der Waals surface area contributed by atoms with E-state index < -0.39 is 5.91 Å². The first kappa shape index (κ1) is 19.6. The van der Waals surface area contributed by atoms with E-state index in [2.05, 4.69) is 31.4 Å². The van der Waals surface area contributed by atoms with E-state index in [4.69, 9.17) is 11.6 Å². The summed E-state index contributed by atoms with van der Waals surface area (Å²) in [4.78, 5) is 12.4. The molecule has 0 aliphatic carbocycles. The number of hydrogen-bond acceptors (Lipinski definition) is 3. The van der Waals surface area contributed by atoms with E-state index in [0.29, 0.717) is 10.7 Å². The topological polar surface area (TPSA) is 64.9 Å². The molecule has 0 bridgehead atoms. The van der Waals surface area contributed by atoms with Crippen molar-refractivity contribution < 1.29 is 4.79 Å². The highest BCUT2D eigenvalue weighted by Crippen LogP contribution is 2.29. The van der Waals surface area contributed by atoms with E-state index in [0.717, 1.165) is 16.8 Å². The summed E-state index contributed by atoms with van der Waals surface area (Å²) < 4.78 is 0. The molecule has 5 heteroatoms. The number of carbonyl (C=O) groups is 1. The Morgan fingerprint density at radius 1 is 1.15 bits per heavy atom. The zero-order chi connectivity index (χ0) is 19.3. The number of nitrogens with one attached hydrogen (secondary N) is 2. The molecular weight excluding hydrogens is 346 g/mol. The molecule has 1 amide bonds. The summed E-state index contributed by atoms with van der Waals surface area (Å²) >= 11 is 5.97. The van der Waals surface area contributed by atoms with Crippen molar-refractivity contribution in [3.05, 3.63) is 70.4 Å². The van der Waals surface area contributed by atoms with Crippen molar-refractivity contribution in [2.45, 2.75) is 33.1 Å². The maximum absolute atomic E-state index is 12.4. The molecule has 4 nitrogen and oxygen atoms in total. The SMILES string of the molecule is Cc1ccc(Cl)cc1NC(=O)/C(C#N)=C\Nc1ccccc1C(C)(C)C. The van der Waals surface area contributed by atoms with Gasteiger partial charge in [-0.25, -0.2) is 0 Å². The fraction of sp³-hybridized carbons (Fsp3) is 0.238. The van der Waals surface area contributed by atoms with Crippen molar-refractivity contribution in [3.8, 4) is 6.07 Å². The minimum Gasteiger partial charge on any atom is -0.360 e. The van der Waals surface area contributed by atoms with Crippen LogP contribution in [-0.4, -0.2) is 5.91 Å². The van der Waals surface area contributed by atoms with Gasteiger partial charge in [0.2, 0.25) is 0 Å². The third-order valence-corrected chi connectivity index (χ3v) is 4.16. The van der Waals surface area contributed by atoms with Crippen LogP contribution in [0.3, 0.4) is 0 Å². The monoisotopic (exact) mass is 367 g/mol. The van der Waals surface area contributed by atoms with Crippen LogP contribution in [0.1, 0.15) is 31.9 Å². The maximum atomic E-state index is 12.4. The van der Waals surface area contributed by atoms with Gasteiger partial charge in [-0.3, -0.25) is 4.79 Å². The van der Waals surface area contributed by atoms with E-state index in [1.807, 2.05) is 43.3 Å². The largest absolute Gasteiger partial charge is 0.360 e. The summed E-state index contributed by atoms with van der Waals surface area (Å²) in [5.41, 5.74) is 3.32. The van der Waals surface area contributed by atoms with Gasteiger partial charge in [-0.1, -0.05) is 56.6 Å². The highest BCUT2D eigenvalue weighted by molar-refractivity contribution is 6.31. The van der Waals surface area contributed by atoms with E-state index in [1.165, 1.54) is 6.20 Å². The van der Waals surface area contributed by atoms with E-state index in [1.54, 1.807) is 12.1 Å². The number of hydrogen-bond donors (Lipinski definition) is 2. The lowest BCUT2D eigenvalue weighted by Gasteiger charge is -2.22. The minimum absolute atomic E-state index is 0.0203. The zero-order valence-corrected chi connectivity index (χ0v) is 16.1. The molecule has 0 atom stereocenters. The molecular formula is C21H22ClN3O. The Kier molecular flexibility index (Phi) is 6.07. The predicted octanol–water partition coefficient (Wildman–Crippen LogP) is 5.40. The molecule has 0 radical (unpaired) electrons. The molecule has 134 valence electrons. The molecule has 0 fully saturated rings. The van der Waals surface area contributed by atoms with Crippen LogP contribution in [0.5, 0.6) is 0 Å². The predicted molar refractivity (Wildman–Crippen MR) is 107 cm³/mol. The van der Waals surface area contributed by atoms with Gasteiger partial charge in [0.25, 0.3) is 5.91 Å². The molecule has 2 rings (SSSR count). The third kappa shape index (κ3) is 4.87. The second-order valence-electron chi connectivity index (χ2n) is 7.02. The Morgan fingerprint density at radius 2 is 1.85 bits per heavy atom. The van der Waals surface area contributed by atoms with Gasteiger partial charge in [0.1, 0.15) is 11.6 Å². The molecule has 0 aliphatic heterocycles. The van der Waals surface area contributed by atoms with E-state index in [-0.39, 0.29) is 11.0 Å². The Labute approximate surface area is 159 Å². The highest BCUT2D eigenvalue weighted by Gasteiger charge is 2.17. The molecule has 0 heterocycles. The van der Waals surface area contributed by atoms with Crippen LogP contribution in [0.15, 0.2) is 54.2 Å². The van der Waals surface area contributed by atoms with Crippen molar-refractivity contribution >= 4 is 28.9 Å². The summed E-state index contributed by atoms with van der Waals surface area (Å²) in [5, 5.41) is 15.7. The summed E-state index contributed by atoms with van der Waals surface area (Å²) in [5.74, 6) is -0.487. The van der Waals surface area contributed by atoms with Crippen LogP contribution in [-0.2, 0) is 10.2 Å². The first-order chi connectivity index (χ1) is 12.2. The Hall–Kier alpha value is -2.77. The number of nitrogens with zero attached hydrogens (tertiary/aromatic N) is 1. The number of rotatable bonds is 4. The lowest BCUT2D eigenvalue weighted by molar-refractivity contribution is -0.112. The van der Waals surface area contributed by atoms with Gasteiger partial charge in [0, 0.05) is 22.6 Å². The summed E-state index contributed by atoms with van der Waals surface area (Å²) in [6.45, 7) is 8.19. The number of aryl methyl sites for hydroxylation is 1. The number of para-hydroxylation sites is 1. The van der Waals surface area contributed by atoms with Crippen molar-refractivity contribution in [1.29, 1.82) is 5.26 Å². The first-order valence-corrected chi connectivity index (χ1v) is 8.64. The van der Waals surface area contributed by atoms with Gasteiger partial charge < -0.3 is 10.6 Å². The van der Waals surface area contributed by atoms with E-state index >= 15 is 0 Å². The molecule has 0 aromatic heterocycles. The average Bonchev–Trinajstić information content (AvgIpc) is 2.58. The molecule has 0 saturated carbocycles. The fourth-order valence-electron chi connectivity index (χ4n) is 2.48. The van der Waals surface area contributed by atoms with Gasteiger partial charge in [0.15, 0.2) is 0 Å². The van der Waals surface area contributed by atoms with Crippen molar-refractivity contribution in [2.75, 3.05) is 10.6 Å². The summed E-state index contributed by atoms with van der Waals surface area (Å²) in [6, 6.07) is 15.0. The van der Waals surface area contributed by atoms with E-state index in [9.17, 15) is 10.1 Å². The summed E-state index contributed by atoms with van der Waals surface area (Å²) in [7, 11) is 0. The van der Waals surface area contributed by atoms with Crippen LogP contribution >= 0.6 is 11.6 Å². The van der Waals surface area contributed by atoms with Gasteiger partial charge in [0.05, 0.1) is 0 Å². The van der Waals surface area contributed by atoms with Gasteiger partial charge in [-0.05, 0) is 41.7 Å². The number of carbonyl (C=O) groups excluding carboxylic acids is 1. The van der Waals surface area contributed by atoms with Gasteiger partial charge in [-0.15, -0.1) is 0 Å². The molecule has 0 aliphatic rings. The Bertz CT molecular complexity index is 889. The number of benzene rings is 2. The number of halogens is 1. The molecule has 26 heavy (non-hydrogen) atoms. The molecule has 2 aromatic rings. The molecule has 0 spiro atoms. The normalized spacial score (nSPS) is 11.6. The third-order valence-electron chi connectivity index (χ3n) is 3.92. The quantitative estimate of drug-likeness (QED) is 0.561. The number of nitriles is 1. The molecule has 2 N–H and O–H groups in total. The van der Waals surface area contributed by atoms with Crippen LogP contribution < -0.4 is 10.6 Å². The van der Waals surface area contributed by atoms with Crippen LogP contribution in [0, 0.1) is 18.3 Å². The Balaban J connectivity index is 2.22. The van der Waals surface area contributed by atoms with Crippen LogP contribution in [0.2, 0.25) is 5.02 Å². The van der Waals surface area contributed by atoms with Gasteiger partial charge >= 0.3 is 0 Å². The number of anilines is 2. The Morgan fingerprint density at radius 3 is 2.50 bits per heavy atom. The molecule has 0 unspecified atom stereocenters. The zero-order valence-electron chi connectivity index (χ0n) is 15.4. The second-order valence-corrected chi connectivity index (χ2v) is 7.46. The minimum atomic E-state index is -0.487. The highest BCUT2D eigenvalue weighted by atomic mass is 35.5. The van der Waals surface area contributed by atoms with Crippen molar-refractivity contribution in [2.24, 2.45) is 0 Å². The fourth-order valence-corrected chi connectivity index (χ4v) is 2.65. The number of amides is 1. The summed E-state index contributed by atoms with van der Waals surface area (Å²) in [6.07, 6.45) is 1.43. The van der Waals surface area contributed by atoms with Crippen LogP contribution in [0.4, 0.5) is 11.4 Å². The smallest absolute Gasteiger partial charge is 0.267 e. The van der Waals surface area contributed by atoms with Crippen molar-refractivity contribution in [3.63, 3.8) is 0 Å². The first-order valence-electron chi connectivity index (χ1n) is 8.26. The lowest BCUT2D eigenvalue weighted by atomic mass is 9.86. The van der Waals surface area contributed by atoms with Crippen molar-refractivity contribution in [1.82, 2.24) is 0 Å². The second kappa shape index (κ2) is 8.07. The average molecular weight is 368 g/mol. The molecule has 0 saturated heterocycles. The standard InChI is InChI=1S/C21H22ClN3O/c1-14-9-10-16(22)11-19(14)25-20(26)15(12-23)13-24-18-8-6-5-7-17(18)21(2,3)4/h5-11,13,24H,1-4H3,(H,25,26)/b15-13-. The van der Waals surface area contributed by atoms with Gasteiger partial charge in [-0.2, -0.15) is 5.26 Å². The maximum Gasteiger partial charge on any atom is 0.267 e. The molecule has 2 aromatic carbocycles. The van der Waals surface area contributed by atoms with Crippen LogP contribution in [0.25, 0.3) is 0 Å². The lowest BCUT2D eigenvalue weighted by Crippen LogP contribution is -2.16.